The third-order valence-electron chi connectivity index (χ3n) is 2.50. The summed E-state index contributed by atoms with van der Waals surface area (Å²) in [5, 5.41) is 2.88. The minimum absolute atomic E-state index is 0.0229. The molecule has 88 valence electrons. The third-order valence-corrected chi connectivity index (χ3v) is 2.50. The van der Waals surface area contributed by atoms with Crippen molar-refractivity contribution < 1.29 is 9.53 Å². The van der Waals surface area contributed by atoms with Crippen LogP contribution in [0.2, 0.25) is 0 Å². The summed E-state index contributed by atoms with van der Waals surface area (Å²) in [4.78, 5) is 11.7. The minimum atomic E-state index is 0.0229. The van der Waals surface area contributed by atoms with Crippen LogP contribution in [-0.2, 0) is 4.79 Å². The summed E-state index contributed by atoms with van der Waals surface area (Å²) in [5.41, 5.74) is 0.745. The molecule has 0 bridgehead atoms. The second-order valence-corrected chi connectivity index (χ2v) is 3.73. The largest absolute Gasteiger partial charge is 0.492 e. The van der Waals surface area contributed by atoms with Gasteiger partial charge in [0.2, 0.25) is 5.91 Å². The highest BCUT2D eigenvalue weighted by Crippen LogP contribution is 2.24. The molecule has 0 heterocycles. The van der Waals surface area contributed by atoms with Crippen molar-refractivity contribution in [2.24, 2.45) is 5.92 Å². The summed E-state index contributed by atoms with van der Waals surface area (Å²) in [6, 6.07) is 7.49. The Balaban J connectivity index is 2.76. The number of carbonyl (C=O) groups is 1. The van der Waals surface area contributed by atoms with E-state index >= 15 is 0 Å². The Labute approximate surface area is 96.8 Å². The maximum atomic E-state index is 11.7. The number of amides is 1. The zero-order valence-electron chi connectivity index (χ0n) is 10.1. The molecule has 0 aliphatic rings. The number of anilines is 1. The van der Waals surface area contributed by atoms with Gasteiger partial charge in [-0.05, 0) is 25.5 Å². The van der Waals surface area contributed by atoms with E-state index < -0.39 is 0 Å². The molecule has 3 nitrogen and oxygen atoms in total. The van der Waals surface area contributed by atoms with Gasteiger partial charge in [0.05, 0.1) is 12.3 Å². The van der Waals surface area contributed by atoms with E-state index in [0.717, 1.165) is 17.9 Å². The Morgan fingerprint density at radius 3 is 2.69 bits per heavy atom. The summed E-state index contributed by atoms with van der Waals surface area (Å²) < 4.78 is 5.44. The van der Waals surface area contributed by atoms with Gasteiger partial charge in [0.15, 0.2) is 0 Å². The molecule has 1 amide bonds. The van der Waals surface area contributed by atoms with Crippen LogP contribution in [0.15, 0.2) is 24.3 Å². The lowest BCUT2D eigenvalue weighted by Crippen LogP contribution is -2.20. The molecule has 0 aliphatic heterocycles. The summed E-state index contributed by atoms with van der Waals surface area (Å²) >= 11 is 0. The zero-order chi connectivity index (χ0) is 12.0. The fourth-order valence-electron chi connectivity index (χ4n) is 1.29. The first-order chi connectivity index (χ1) is 7.69. The number of nitrogens with one attached hydrogen (secondary N) is 1. The van der Waals surface area contributed by atoms with E-state index in [1.54, 1.807) is 0 Å². The molecule has 1 atom stereocenters. The highest BCUT2D eigenvalue weighted by molar-refractivity contribution is 5.93. The van der Waals surface area contributed by atoms with Gasteiger partial charge in [-0.15, -0.1) is 0 Å². The highest BCUT2D eigenvalue weighted by Gasteiger charge is 2.12. The van der Waals surface area contributed by atoms with Crippen LogP contribution in [0.4, 0.5) is 5.69 Å². The first-order valence-corrected chi connectivity index (χ1v) is 5.71. The van der Waals surface area contributed by atoms with E-state index in [0.29, 0.717) is 6.61 Å². The van der Waals surface area contributed by atoms with Gasteiger partial charge in [0.1, 0.15) is 5.75 Å². The van der Waals surface area contributed by atoms with Crippen molar-refractivity contribution in [1.82, 2.24) is 0 Å². The van der Waals surface area contributed by atoms with E-state index in [9.17, 15) is 4.79 Å². The van der Waals surface area contributed by atoms with Crippen LogP contribution in [-0.4, -0.2) is 12.5 Å². The maximum absolute atomic E-state index is 11.7. The molecule has 0 aromatic heterocycles. The predicted molar refractivity (Wildman–Crippen MR) is 65.7 cm³/mol. The van der Waals surface area contributed by atoms with Crippen LogP contribution < -0.4 is 10.1 Å². The van der Waals surface area contributed by atoms with Gasteiger partial charge in [-0.1, -0.05) is 26.0 Å². The normalized spacial score (nSPS) is 11.9. The quantitative estimate of drug-likeness (QED) is 0.829. The fourth-order valence-corrected chi connectivity index (χ4v) is 1.29. The van der Waals surface area contributed by atoms with E-state index in [-0.39, 0.29) is 11.8 Å². The van der Waals surface area contributed by atoms with E-state index in [1.807, 2.05) is 45.0 Å². The Kier molecular flexibility index (Phi) is 4.83. The number of hydrogen-bond acceptors (Lipinski definition) is 2. The number of rotatable bonds is 5. The Morgan fingerprint density at radius 1 is 1.38 bits per heavy atom. The van der Waals surface area contributed by atoms with Gasteiger partial charge in [-0.3, -0.25) is 4.79 Å². The fraction of sp³-hybridized carbons (Fsp3) is 0.462. The number of para-hydroxylation sites is 2. The van der Waals surface area contributed by atoms with Crippen LogP contribution in [0.25, 0.3) is 0 Å². The molecule has 0 saturated carbocycles. The van der Waals surface area contributed by atoms with Crippen molar-refractivity contribution in [2.45, 2.75) is 27.2 Å². The molecule has 0 unspecified atom stereocenters. The van der Waals surface area contributed by atoms with Crippen LogP contribution >= 0.6 is 0 Å². The summed E-state index contributed by atoms with van der Waals surface area (Å²) in [5.74, 6) is 0.783. The van der Waals surface area contributed by atoms with Gasteiger partial charge in [-0.25, -0.2) is 0 Å². The molecule has 0 saturated heterocycles. The lowest BCUT2D eigenvalue weighted by molar-refractivity contribution is -0.119. The average Bonchev–Trinajstić information content (AvgIpc) is 2.31. The van der Waals surface area contributed by atoms with Gasteiger partial charge in [-0.2, -0.15) is 0 Å². The molecule has 0 fully saturated rings. The van der Waals surface area contributed by atoms with Crippen LogP contribution in [0.1, 0.15) is 27.2 Å². The molecule has 1 aromatic rings. The average molecular weight is 221 g/mol. The first kappa shape index (κ1) is 12.6. The summed E-state index contributed by atoms with van der Waals surface area (Å²) in [7, 11) is 0. The van der Waals surface area contributed by atoms with Crippen molar-refractivity contribution in [3.63, 3.8) is 0 Å². The molecular formula is C13H19NO2. The van der Waals surface area contributed by atoms with Crippen LogP contribution in [0, 0.1) is 5.92 Å². The van der Waals surface area contributed by atoms with Crippen molar-refractivity contribution >= 4 is 11.6 Å². The Morgan fingerprint density at radius 2 is 2.06 bits per heavy atom. The number of ether oxygens (including phenoxy) is 1. The SMILES string of the molecule is CCOc1ccccc1NC(=O)[C@@H](C)CC. The van der Waals surface area contributed by atoms with E-state index in [4.69, 9.17) is 4.74 Å². The maximum Gasteiger partial charge on any atom is 0.227 e. The molecular weight excluding hydrogens is 202 g/mol. The monoisotopic (exact) mass is 221 g/mol. The molecule has 0 aliphatic carbocycles. The summed E-state index contributed by atoms with van der Waals surface area (Å²) in [6.45, 7) is 6.43. The van der Waals surface area contributed by atoms with Crippen molar-refractivity contribution in [2.75, 3.05) is 11.9 Å². The predicted octanol–water partition coefficient (Wildman–Crippen LogP) is 3.07. The smallest absolute Gasteiger partial charge is 0.227 e. The lowest BCUT2D eigenvalue weighted by atomic mass is 10.1. The molecule has 0 radical (unpaired) electrons. The van der Waals surface area contributed by atoms with Crippen molar-refractivity contribution in [3.8, 4) is 5.75 Å². The number of carbonyl (C=O) groups excluding carboxylic acids is 1. The van der Waals surface area contributed by atoms with Gasteiger partial charge in [0.25, 0.3) is 0 Å². The zero-order valence-corrected chi connectivity index (χ0v) is 10.1. The Hall–Kier alpha value is -1.51. The van der Waals surface area contributed by atoms with Gasteiger partial charge < -0.3 is 10.1 Å². The van der Waals surface area contributed by atoms with Crippen LogP contribution in [0.5, 0.6) is 5.75 Å². The standard InChI is InChI=1S/C13H19NO2/c1-4-10(3)13(15)14-11-8-6-7-9-12(11)16-5-2/h6-10H,4-5H2,1-3H3,(H,14,15)/t10-/m0/s1. The molecule has 3 heteroatoms. The number of hydrogen-bond donors (Lipinski definition) is 1. The molecule has 1 aromatic carbocycles. The number of benzene rings is 1. The van der Waals surface area contributed by atoms with Crippen molar-refractivity contribution in [3.05, 3.63) is 24.3 Å². The van der Waals surface area contributed by atoms with Gasteiger partial charge in [0, 0.05) is 5.92 Å². The Bertz CT molecular complexity index is 350. The highest BCUT2D eigenvalue weighted by atomic mass is 16.5. The van der Waals surface area contributed by atoms with E-state index in [1.165, 1.54) is 0 Å². The molecule has 16 heavy (non-hydrogen) atoms. The second kappa shape index (κ2) is 6.16. The topological polar surface area (TPSA) is 38.3 Å². The first-order valence-electron chi connectivity index (χ1n) is 5.71. The molecule has 1 rings (SSSR count). The van der Waals surface area contributed by atoms with Gasteiger partial charge >= 0.3 is 0 Å². The van der Waals surface area contributed by atoms with E-state index in [2.05, 4.69) is 5.32 Å². The minimum Gasteiger partial charge on any atom is -0.492 e. The summed E-state index contributed by atoms with van der Waals surface area (Å²) in [6.07, 6.45) is 0.836. The van der Waals surface area contributed by atoms with Crippen molar-refractivity contribution in [1.29, 1.82) is 0 Å². The lowest BCUT2D eigenvalue weighted by Gasteiger charge is -2.13. The third kappa shape index (κ3) is 3.26. The second-order valence-electron chi connectivity index (χ2n) is 3.73. The molecule has 1 N–H and O–H groups in total. The van der Waals surface area contributed by atoms with Crippen LogP contribution in [0.3, 0.4) is 0 Å². The molecule has 0 spiro atoms.